The number of hydrogen-bond donors (Lipinski definition) is 0. The molecule has 17 heteroatoms. The van der Waals surface area contributed by atoms with E-state index in [0.717, 1.165) is 10.6 Å². The van der Waals surface area contributed by atoms with Crippen LogP contribution in [0.2, 0.25) is 0 Å². The maximum absolute atomic E-state index is 13.7. The van der Waals surface area contributed by atoms with Gasteiger partial charge in [-0.25, -0.2) is 0 Å². The van der Waals surface area contributed by atoms with Crippen LogP contribution in [-0.4, -0.2) is 91.9 Å². The van der Waals surface area contributed by atoms with Crippen molar-refractivity contribution in [2.45, 2.75) is 57.5 Å². The first-order valence-corrected chi connectivity index (χ1v) is 13.3. The quantitative estimate of drug-likeness (QED) is 0.294. The zero-order chi connectivity index (χ0) is 28.7. The Morgan fingerprint density at radius 3 is 2.83 bits per heavy atom. The van der Waals surface area contributed by atoms with E-state index in [1.54, 1.807) is 26.0 Å². The Hall–Kier alpha value is -3.04. The number of halogens is 3. The zero-order valence-corrected chi connectivity index (χ0v) is 23.1. The van der Waals surface area contributed by atoms with Crippen LogP contribution in [-0.2, 0) is 30.9 Å². The standard InChI is InChI=1S/C23H29F3N11O2.Ni/c1-15(11-17-13-38-9-8-35(17)20-5-4-19-28-32-33-37(19)29-20)10-16-6-7-36(31-27)30-21(16)34-12-18(23(24,25)26)39-22(2,3)14-34;/h4-6,15,17-18H,8-14H2,1-3H3;/q-1;. The van der Waals surface area contributed by atoms with Crippen LogP contribution in [0, 0.1) is 10.2 Å². The van der Waals surface area contributed by atoms with Crippen LogP contribution in [0.5, 0.6) is 0 Å². The second kappa shape index (κ2) is 11.1. The fourth-order valence-corrected chi connectivity index (χ4v) is 5.58. The average Bonchev–Trinajstić information content (AvgIpc) is 3.36. The maximum atomic E-state index is 13.7. The van der Waals surface area contributed by atoms with Crippen LogP contribution >= 0.6 is 0 Å². The molecule has 0 bridgehead atoms. The van der Waals surface area contributed by atoms with Gasteiger partial charge in [0.1, 0.15) is 0 Å². The Bertz CT molecular complexity index is 1430. The SMILES string of the molecule is CC(Cc1c[c](=[Ni])n(N=[N-])nc1N1CC(C(F)(F)F)OC(C)(C)C1)CC1COCCN1c1ccc2nnnn2n1. The first-order valence-electron chi connectivity index (χ1n) is 12.8. The summed E-state index contributed by atoms with van der Waals surface area (Å²) in [5.41, 5.74) is 9.53. The molecule has 40 heavy (non-hydrogen) atoms. The number of tetrazole rings is 1. The van der Waals surface area contributed by atoms with Gasteiger partial charge in [-0.3, -0.25) is 0 Å². The molecule has 0 aromatic carbocycles. The molecule has 0 amide bonds. The van der Waals surface area contributed by atoms with Crippen LogP contribution in [0.3, 0.4) is 0 Å². The molecule has 0 N–H and O–H groups in total. The normalized spacial score (nSPS) is 22.5. The van der Waals surface area contributed by atoms with Crippen molar-refractivity contribution in [1.82, 2.24) is 35.1 Å². The molecule has 0 radical (unpaired) electrons. The number of morpholine rings is 2. The van der Waals surface area contributed by atoms with Crippen LogP contribution in [0.15, 0.2) is 23.4 Å². The van der Waals surface area contributed by atoms with Gasteiger partial charge in [0.25, 0.3) is 0 Å². The molecule has 220 valence electrons. The summed E-state index contributed by atoms with van der Waals surface area (Å²) in [7, 11) is 0. The van der Waals surface area contributed by atoms with Gasteiger partial charge < -0.3 is 0 Å². The predicted molar refractivity (Wildman–Crippen MR) is 132 cm³/mol. The molecule has 2 saturated heterocycles. The third-order valence-corrected chi connectivity index (χ3v) is 7.27. The Kier molecular flexibility index (Phi) is 7.90. The van der Waals surface area contributed by atoms with Crippen LogP contribution in [0.4, 0.5) is 24.8 Å². The van der Waals surface area contributed by atoms with E-state index < -0.39 is 24.4 Å². The Balaban J connectivity index is 1.39. The Labute approximate surface area is 235 Å². The van der Waals surface area contributed by atoms with Crippen molar-refractivity contribution in [2.75, 3.05) is 42.6 Å². The fraction of sp³-hybridized carbons (Fsp3) is 0.652. The van der Waals surface area contributed by atoms with Gasteiger partial charge in [0.15, 0.2) is 0 Å². The van der Waals surface area contributed by atoms with Crippen LogP contribution in [0.25, 0.3) is 11.2 Å². The number of alkyl halides is 3. The van der Waals surface area contributed by atoms with E-state index in [1.165, 1.54) is 9.53 Å². The van der Waals surface area contributed by atoms with Crippen molar-refractivity contribution in [1.29, 1.82) is 0 Å². The molecule has 0 aliphatic carbocycles. The van der Waals surface area contributed by atoms with E-state index in [0.29, 0.717) is 43.8 Å². The minimum absolute atomic E-state index is 0.00889. The van der Waals surface area contributed by atoms with E-state index in [2.05, 4.69) is 42.8 Å². The third-order valence-electron chi connectivity index (χ3n) is 6.93. The van der Waals surface area contributed by atoms with Crippen molar-refractivity contribution in [3.63, 3.8) is 0 Å². The fourth-order valence-electron chi connectivity index (χ4n) is 5.31. The van der Waals surface area contributed by atoms with Crippen molar-refractivity contribution >= 4 is 17.3 Å². The number of hydrogen-bond acceptors (Lipinski definition) is 10. The molecule has 5 rings (SSSR count). The zero-order valence-electron chi connectivity index (χ0n) is 22.1. The summed E-state index contributed by atoms with van der Waals surface area (Å²) in [6.45, 7) is 6.65. The summed E-state index contributed by atoms with van der Waals surface area (Å²) in [5.74, 6) is 1.05. The van der Waals surface area contributed by atoms with Crippen molar-refractivity contribution in [2.24, 2.45) is 11.1 Å². The average molecular weight is 607 g/mol. The van der Waals surface area contributed by atoms with Gasteiger partial charge in [-0.1, -0.05) is 0 Å². The molecule has 3 unspecified atom stereocenters. The molecule has 2 aliphatic rings. The molecular formula is C23H29F3N11NiO2-. The van der Waals surface area contributed by atoms with Gasteiger partial charge >= 0.3 is 225 Å². The molecule has 3 aromatic rings. The summed E-state index contributed by atoms with van der Waals surface area (Å²) >= 11 is 4.96. The molecular weight excluding hydrogens is 578 g/mol. The summed E-state index contributed by atoms with van der Waals surface area (Å²) in [6, 6.07) is 5.30. The van der Waals surface area contributed by atoms with Gasteiger partial charge in [-0.15, -0.1) is 5.10 Å². The molecule has 5 heterocycles. The summed E-state index contributed by atoms with van der Waals surface area (Å²) in [4.78, 5) is 4.54. The van der Waals surface area contributed by atoms with Crippen molar-refractivity contribution < 1.29 is 37.7 Å². The molecule has 3 atom stereocenters. The number of fused-ring (bicyclic) bond motifs is 1. The monoisotopic (exact) mass is 606 g/mol. The number of ether oxygens (including phenoxy) is 2. The van der Waals surface area contributed by atoms with E-state index in [1.807, 2.05) is 6.07 Å². The van der Waals surface area contributed by atoms with Gasteiger partial charge in [0.2, 0.25) is 0 Å². The van der Waals surface area contributed by atoms with E-state index in [9.17, 15) is 18.7 Å². The first-order chi connectivity index (χ1) is 18.9. The molecule has 2 aliphatic heterocycles. The van der Waals surface area contributed by atoms with Gasteiger partial charge in [-0.05, 0) is 5.21 Å². The van der Waals surface area contributed by atoms with Gasteiger partial charge in [0.05, 0.1) is 0 Å². The van der Waals surface area contributed by atoms with Crippen LogP contribution in [0.1, 0.15) is 32.8 Å². The van der Waals surface area contributed by atoms with Crippen molar-refractivity contribution in [3.05, 3.63) is 33.6 Å². The Morgan fingerprint density at radius 1 is 1.27 bits per heavy atom. The van der Waals surface area contributed by atoms with Crippen LogP contribution < -0.4 is 9.80 Å². The van der Waals surface area contributed by atoms with E-state index in [-0.39, 0.29) is 28.6 Å². The van der Waals surface area contributed by atoms with E-state index >= 15 is 0 Å². The second-order valence-electron chi connectivity index (χ2n) is 10.7. The predicted octanol–water partition coefficient (Wildman–Crippen LogP) is 2.60. The minimum atomic E-state index is -4.55. The van der Waals surface area contributed by atoms with Crippen molar-refractivity contribution in [3.8, 4) is 0 Å². The number of nitrogens with zero attached hydrogens (tertiary/aromatic N) is 11. The molecule has 13 nitrogen and oxygen atoms in total. The second-order valence-corrected chi connectivity index (χ2v) is 11.2. The molecule has 2 fully saturated rings. The summed E-state index contributed by atoms with van der Waals surface area (Å²) < 4.78 is 53.8. The first kappa shape index (κ1) is 28.5. The summed E-state index contributed by atoms with van der Waals surface area (Å²) in [5, 5.41) is 23.4. The Morgan fingerprint density at radius 2 is 2.08 bits per heavy atom. The molecule has 0 spiro atoms. The van der Waals surface area contributed by atoms with Gasteiger partial charge in [-0.2, -0.15) is 0 Å². The van der Waals surface area contributed by atoms with E-state index in [4.69, 9.17) is 24.5 Å². The summed E-state index contributed by atoms with van der Waals surface area (Å²) in [6.07, 6.45) is -5.37. The topological polar surface area (TPSA) is 133 Å². The number of anilines is 2. The number of rotatable bonds is 7. The van der Waals surface area contributed by atoms with Gasteiger partial charge in [0, 0.05) is 0 Å². The molecule has 3 aromatic heterocycles. The number of aromatic nitrogens is 7. The third kappa shape index (κ3) is 6.15. The molecule has 0 saturated carbocycles.